The van der Waals surface area contributed by atoms with Gasteiger partial charge in [-0.1, -0.05) is 0 Å². The van der Waals surface area contributed by atoms with Crippen LogP contribution in [0.2, 0.25) is 0 Å². The van der Waals surface area contributed by atoms with Gasteiger partial charge in [0, 0.05) is 16.6 Å². The van der Waals surface area contributed by atoms with E-state index in [1.165, 1.54) is 0 Å². The van der Waals surface area contributed by atoms with Crippen molar-refractivity contribution in [2.45, 2.75) is 30.9 Å². The molecule has 5 heteroatoms. The van der Waals surface area contributed by atoms with Crippen molar-refractivity contribution in [3.63, 3.8) is 0 Å². The first-order valence-corrected chi connectivity index (χ1v) is 6.24. The highest BCUT2D eigenvalue weighted by atomic mass is 35.7. The normalized spacial score (nSPS) is 31.0. The van der Waals surface area contributed by atoms with Crippen LogP contribution < -0.4 is 0 Å². The second kappa shape index (κ2) is 3.63. The predicted molar refractivity (Wildman–Crippen MR) is 46.1 cm³/mol. The van der Waals surface area contributed by atoms with Gasteiger partial charge in [-0.2, -0.15) is 5.26 Å². The van der Waals surface area contributed by atoms with E-state index in [2.05, 4.69) is 6.07 Å². The molecule has 0 saturated heterocycles. The molecule has 0 radical (unpaired) electrons. The third-order valence-electron chi connectivity index (χ3n) is 2.25. The Morgan fingerprint density at radius 3 is 2.08 bits per heavy atom. The van der Waals surface area contributed by atoms with Gasteiger partial charge in [-0.05, 0) is 25.7 Å². The number of rotatable bonds is 1. The smallest absolute Gasteiger partial charge is 0.212 e. The van der Waals surface area contributed by atoms with Crippen LogP contribution >= 0.6 is 10.7 Å². The standard InChI is InChI=1S/C7H10ClNO2S/c8-12(10,11)7-3-1-6(5-9)2-4-7/h6-7H,1-4H2. The number of halogens is 1. The van der Waals surface area contributed by atoms with Gasteiger partial charge in [0.05, 0.1) is 11.3 Å². The summed E-state index contributed by atoms with van der Waals surface area (Å²) in [6, 6.07) is 2.14. The highest BCUT2D eigenvalue weighted by Gasteiger charge is 2.29. The van der Waals surface area contributed by atoms with E-state index in [9.17, 15) is 8.42 Å². The van der Waals surface area contributed by atoms with Gasteiger partial charge < -0.3 is 0 Å². The zero-order valence-corrected chi connectivity index (χ0v) is 8.11. The number of nitrogens with zero attached hydrogens (tertiary/aromatic N) is 1. The molecule has 1 rings (SSSR count). The Labute approximate surface area is 76.7 Å². The van der Waals surface area contributed by atoms with E-state index < -0.39 is 14.3 Å². The molecule has 0 unspecified atom stereocenters. The van der Waals surface area contributed by atoms with Crippen molar-refractivity contribution in [1.82, 2.24) is 0 Å². The fourth-order valence-electron chi connectivity index (χ4n) is 1.47. The number of nitriles is 1. The van der Waals surface area contributed by atoms with Crippen LogP contribution in [0.5, 0.6) is 0 Å². The Hall–Kier alpha value is -0.270. The second-order valence-electron chi connectivity index (χ2n) is 3.08. The largest absolute Gasteiger partial charge is 0.235 e. The van der Waals surface area contributed by atoms with Gasteiger partial charge in [0.2, 0.25) is 9.05 Å². The topological polar surface area (TPSA) is 57.9 Å². The predicted octanol–water partition coefficient (Wildman–Crippen LogP) is 1.64. The van der Waals surface area contributed by atoms with Crippen molar-refractivity contribution < 1.29 is 8.42 Å². The van der Waals surface area contributed by atoms with Crippen LogP contribution in [0.15, 0.2) is 0 Å². The van der Waals surface area contributed by atoms with Crippen LogP contribution in [0.3, 0.4) is 0 Å². The monoisotopic (exact) mass is 207 g/mol. The average molecular weight is 208 g/mol. The third kappa shape index (κ3) is 2.36. The van der Waals surface area contributed by atoms with Crippen LogP contribution in [-0.4, -0.2) is 13.7 Å². The van der Waals surface area contributed by atoms with Crippen molar-refractivity contribution in [3.8, 4) is 6.07 Å². The van der Waals surface area contributed by atoms with E-state index in [0.717, 1.165) is 0 Å². The summed E-state index contributed by atoms with van der Waals surface area (Å²) in [5.41, 5.74) is 0. The van der Waals surface area contributed by atoms with Crippen LogP contribution in [0, 0.1) is 17.2 Å². The number of hydrogen-bond acceptors (Lipinski definition) is 3. The maximum absolute atomic E-state index is 10.9. The van der Waals surface area contributed by atoms with Crippen molar-refractivity contribution >= 4 is 19.7 Å². The van der Waals surface area contributed by atoms with Gasteiger partial charge in [-0.3, -0.25) is 0 Å². The van der Waals surface area contributed by atoms with Gasteiger partial charge in [0.25, 0.3) is 0 Å². The maximum atomic E-state index is 10.9. The van der Waals surface area contributed by atoms with E-state index in [0.29, 0.717) is 25.7 Å². The highest BCUT2D eigenvalue weighted by molar-refractivity contribution is 8.14. The lowest BCUT2D eigenvalue weighted by molar-refractivity contribution is 0.424. The summed E-state index contributed by atoms with van der Waals surface area (Å²) in [5.74, 6) is 0.0275. The van der Waals surface area contributed by atoms with Crippen LogP contribution in [-0.2, 0) is 9.05 Å². The maximum Gasteiger partial charge on any atom is 0.235 e. The zero-order valence-electron chi connectivity index (χ0n) is 6.53. The van der Waals surface area contributed by atoms with Crippen molar-refractivity contribution in [2.24, 2.45) is 5.92 Å². The van der Waals surface area contributed by atoms with E-state index in [-0.39, 0.29) is 5.92 Å². The lowest BCUT2D eigenvalue weighted by Crippen LogP contribution is -2.23. The zero-order chi connectivity index (χ0) is 9.19. The first-order chi connectivity index (χ1) is 5.54. The van der Waals surface area contributed by atoms with Gasteiger partial charge >= 0.3 is 0 Å². The molecule has 0 atom stereocenters. The molecule has 1 aliphatic carbocycles. The highest BCUT2D eigenvalue weighted by Crippen LogP contribution is 2.29. The van der Waals surface area contributed by atoms with Crippen molar-refractivity contribution in [2.75, 3.05) is 0 Å². The SMILES string of the molecule is N#CC1CCC(S(=O)(=O)Cl)CC1. The first kappa shape index (κ1) is 9.82. The summed E-state index contributed by atoms with van der Waals surface area (Å²) in [4.78, 5) is 0. The Morgan fingerprint density at radius 2 is 1.75 bits per heavy atom. The minimum Gasteiger partial charge on any atom is -0.212 e. The Morgan fingerprint density at radius 1 is 1.25 bits per heavy atom. The molecule has 1 aliphatic rings. The van der Waals surface area contributed by atoms with E-state index >= 15 is 0 Å². The molecule has 0 heterocycles. The molecule has 0 spiro atoms. The lowest BCUT2D eigenvalue weighted by atomic mass is 9.90. The summed E-state index contributed by atoms with van der Waals surface area (Å²) in [5, 5.41) is 8.12. The number of hydrogen-bond donors (Lipinski definition) is 0. The fraction of sp³-hybridized carbons (Fsp3) is 0.857. The van der Waals surface area contributed by atoms with Crippen LogP contribution in [0.25, 0.3) is 0 Å². The molecule has 1 fully saturated rings. The summed E-state index contributed by atoms with van der Waals surface area (Å²) in [6.45, 7) is 0. The summed E-state index contributed by atoms with van der Waals surface area (Å²) < 4.78 is 21.7. The van der Waals surface area contributed by atoms with Gasteiger partial charge in [-0.25, -0.2) is 8.42 Å². The fourth-order valence-corrected chi connectivity index (χ4v) is 2.84. The molecule has 0 aliphatic heterocycles. The van der Waals surface area contributed by atoms with Crippen molar-refractivity contribution in [3.05, 3.63) is 0 Å². The van der Waals surface area contributed by atoms with Gasteiger partial charge in [0.15, 0.2) is 0 Å². The van der Waals surface area contributed by atoms with E-state index in [4.69, 9.17) is 15.9 Å². The average Bonchev–Trinajstić information content (AvgIpc) is 2.03. The minimum absolute atomic E-state index is 0.0275. The van der Waals surface area contributed by atoms with Gasteiger partial charge in [-0.15, -0.1) is 0 Å². The molecule has 0 N–H and O–H groups in total. The quantitative estimate of drug-likeness (QED) is 0.615. The second-order valence-corrected chi connectivity index (χ2v) is 5.99. The molecule has 0 aromatic heterocycles. The van der Waals surface area contributed by atoms with Crippen LogP contribution in [0.1, 0.15) is 25.7 Å². The lowest BCUT2D eigenvalue weighted by Gasteiger charge is -2.21. The Bertz CT molecular complexity index is 285. The molecule has 1 saturated carbocycles. The molecule has 12 heavy (non-hydrogen) atoms. The molecule has 0 aromatic carbocycles. The van der Waals surface area contributed by atoms with Gasteiger partial charge in [0.1, 0.15) is 0 Å². The molecular weight excluding hydrogens is 198 g/mol. The summed E-state index contributed by atoms with van der Waals surface area (Å²) in [6.07, 6.45) is 2.38. The third-order valence-corrected chi connectivity index (χ3v) is 4.28. The Balaban J connectivity index is 2.54. The summed E-state index contributed by atoms with van der Waals surface area (Å²) >= 11 is 0. The molecule has 0 amide bonds. The van der Waals surface area contributed by atoms with Crippen molar-refractivity contribution in [1.29, 1.82) is 5.26 Å². The molecular formula is C7H10ClNO2S. The molecule has 0 bridgehead atoms. The molecule has 68 valence electrons. The molecule has 0 aromatic rings. The molecule has 3 nitrogen and oxygen atoms in total. The Kier molecular flexibility index (Phi) is 2.97. The minimum atomic E-state index is -3.39. The summed E-state index contributed by atoms with van der Waals surface area (Å²) in [7, 11) is 1.80. The first-order valence-electron chi connectivity index (χ1n) is 3.87. The van der Waals surface area contributed by atoms with E-state index in [1.807, 2.05) is 0 Å². The van der Waals surface area contributed by atoms with Crippen LogP contribution in [0.4, 0.5) is 0 Å². The van der Waals surface area contributed by atoms with E-state index in [1.54, 1.807) is 0 Å².